The fourth-order valence-corrected chi connectivity index (χ4v) is 2.11. The summed E-state index contributed by atoms with van der Waals surface area (Å²) in [6.45, 7) is 6.64. The number of hydrogen-bond donors (Lipinski definition) is 2. The molecule has 0 amide bonds. The zero-order chi connectivity index (χ0) is 13.1. The third kappa shape index (κ3) is 3.16. The molecule has 2 aromatic rings. The Hall–Kier alpha value is -1.69. The van der Waals surface area contributed by atoms with Crippen molar-refractivity contribution in [3.05, 3.63) is 38.3 Å². The highest BCUT2D eigenvalue weighted by Crippen LogP contribution is 2.14. The van der Waals surface area contributed by atoms with Crippen LogP contribution in [0.1, 0.15) is 37.0 Å². The normalized spacial score (nSPS) is 10.9. The fraction of sp³-hybridized carbons (Fsp3) is 0.417. The Balaban J connectivity index is 2.11. The van der Waals surface area contributed by atoms with Crippen molar-refractivity contribution in [2.75, 3.05) is 5.32 Å². The predicted molar refractivity (Wildman–Crippen MR) is 73.1 cm³/mol. The first kappa shape index (κ1) is 12.8. The standard InChI is InChI=1S/C12H16N4OS/c1-7(2)11-14-8(3)4-10(16-11)13-5-9-6-18-12(17)15-9/h4,6-7H,5H2,1-3H3,(H,15,17)(H,13,14,16). The number of hydrogen-bond acceptors (Lipinski definition) is 5. The highest BCUT2D eigenvalue weighted by molar-refractivity contribution is 7.07. The van der Waals surface area contributed by atoms with Gasteiger partial charge >= 0.3 is 4.87 Å². The van der Waals surface area contributed by atoms with Crippen molar-refractivity contribution in [1.82, 2.24) is 15.0 Å². The van der Waals surface area contributed by atoms with Crippen LogP contribution >= 0.6 is 11.3 Å². The van der Waals surface area contributed by atoms with Crippen LogP contribution in [0.15, 0.2) is 16.2 Å². The van der Waals surface area contributed by atoms with Gasteiger partial charge in [-0.3, -0.25) is 4.79 Å². The molecule has 2 heterocycles. The van der Waals surface area contributed by atoms with Gasteiger partial charge in [0, 0.05) is 28.8 Å². The van der Waals surface area contributed by atoms with Gasteiger partial charge in [-0.05, 0) is 6.92 Å². The fourth-order valence-electron chi connectivity index (χ4n) is 1.53. The molecule has 96 valence electrons. The van der Waals surface area contributed by atoms with Gasteiger partial charge in [0.1, 0.15) is 11.6 Å². The number of aromatic nitrogens is 3. The quantitative estimate of drug-likeness (QED) is 0.888. The van der Waals surface area contributed by atoms with Crippen LogP contribution < -0.4 is 10.2 Å². The van der Waals surface area contributed by atoms with Crippen molar-refractivity contribution in [2.45, 2.75) is 33.2 Å². The van der Waals surface area contributed by atoms with Gasteiger partial charge in [0.25, 0.3) is 0 Å². The molecule has 0 fully saturated rings. The van der Waals surface area contributed by atoms with Gasteiger partial charge < -0.3 is 10.3 Å². The van der Waals surface area contributed by atoms with Crippen LogP contribution in [0, 0.1) is 6.92 Å². The Kier molecular flexibility index (Phi) is 3.76. The van der Waals surface area contributed by atoms with Crippen molar-refractivity contribution >= 4 is 17.2 Å². The maximum Gasteiger partial charge on any atom is 0.304 e. The number of thiazole rings is 1. The lowest BCUT2D eigenvalue weighted by atomic mass is 10.2. The van der Waals surface area contributed by atoms with E-state index in [-0.39, 0.29) is 4.87 Å². The third-order valence-corrected chi connectivity index (χ3v) is 3.14. The van der Waals surface area contributed by atoms with E-state index in [2.05, 4.69) is 34.1 Å². The van der Waals surface area contributed by atoms with Crippen molar-refractivity contribution in [3.63, 3.8) is 0 Å². The van der Waals surface area contributed by atoms with Crippen molar-refractivity contribution in [1.29, 1.82) is 0 Å². The molecule has 0 saturated heterocycles. The molecule has 0 radical (unpaired) electrons. The Bertz CT molecular complexity index is 588. The van der Waals surface area contributed by atoms with E-state index < -0.39 is 0 Å². The zero-order valence-electron chi connectivity index (χ0n) is 10.7. The maximum atomic E-state index is 11.0. The molecular weight excluding hydrogens is 248 g/mol. The van der Waals surface area contributed by atoms with E-state index in [4.69, 9.17) is 0 Å². The molecule has 0 aliphatic heterocycles. The SMILES string of the molecule is Cc1cc(NCc2csc(=O)[nH]2)nc(C(C)C)n1. The van der Waals surface area contributed by atoms with Crippen LogP contribution in [0.3, 0.4) is 0 Å². The number of nitrogens with zero attached hydrogens (tertiary/aromatic N) is 2. The molecule has 2 N–H and O–H groups in total. The lowest BCUT2D eigenvalue weighted by Gasteiger charge is -2.09. The summed E-state index contributed by atoms with van der Waals surface area (Å²) in [4.78, 5) is 22.6. The second-order valence-corrected chi connectivity index (χ2v) is 5.28. The van der Waals surface area contributed by atoms with Gasteiger partial charge in [0.05, 0.1) is 6.54 Å². The van der Waals surface area contributed by atoms with Gasteiger partial charge in [-0.1, -0.05) is 25.2 Å². The summed E-state index contributed by atoms with van der Waals surface area (Å²) >= 11 is 1.17. The summed E-state index contributed by atoms with van der Waals surface area (Å²) in [7, 11) is 0. The lowest BCUT2D eigenvalue weighted by Crippen LogP contribution is -2.07. The van der Waals surface area contributed by atoms with Gasteiger partial charge in [-0.15, -0.1) is 0 Å². The molecule has 2 rings (SSSR count). The first-order chi connectivity index (χ1) is 8.54. The minimum atomic E-state index is -0.0338. The molecule has 0 aliphatic rings. The molecule has 2 aromatic heterocycles. The van der Waals surface area contributed by atoms with E-state index in [0.29, 0.717) is 12.5 Å². The van der Waals surface area contributed by atoms with Crippen LogP contribution in [-0.4, -0.2) is 15.0 Å². The number of nitrogens with one attached hydrogen (secondary N) is 2. The maximum absolute atomic E-state index is 11.0. The van der Waals surface area contributed by atoms with E-state index in [1.807, 2.05) is 18.4 Å². The van der Waals surface area contributed by atoms with Crippen LogP contribution in [0.4, 0.5) is 5.82 Å². The third-order valence-electron chi connectivity index (χ3n) is 2.42. The Morgan fingerprint density at radius 1 is 1.44 bits per heavy atom. The van der Waals surface area contributed by atoms with Gasteiger partial charge in [-0.2, -0.15) is 0 Å². The number of anilines is 1. The summed E-state index contributed by atoms with van der Waals surface area (Å²) < 4.78 is 0. The second kappa shape index (κ2) is 5.30. The van der Waals surface area contributed by atoms with Gasteiger partial charge in [0.2, 0.25) is 0 Å². The minimum Gasteiger partial charge on any atom is -0.364 e. The monoisotopic (exact) mass is 264 g/mol. The van der Waals surface area contributed by atoms with E-state index in [1.165, 1.54) is 11.3 Å². The number of aromatic amines is 1. The highest BCUT2D eigenvalue weighted by Gasteiger charge is 2.06. The molecular formula is C12H16N4OS. The molecule has 0 aromatic carbocycles. The minimum absolute atomic E-state index is 0.0338. The summed E-state index contributed by atoms with van der Waals surface area (Å²) in [5.74, 6) is 1.92. The topological polar surface area (TPSA) is 70.7 Å². The molecule has 0 spiro atoms. The van der Waals surface area contributed by atoms with Gasteiger partial charge in [0.15, 0.2) is 0 Å². The Labute approximate surface area is 109 Å². The van der Waals surface area contributed by atoms with E-state index in [1.54, 1.807) is 0 Å². The lowest BCUT2D eigenvalue weighted by molar-refractivity contribution is 0.766. The van der Waals surface area contributed by atoms with Crippen LogP contribution in [0.2, 0.25) is 0 Å². The molecule has 6 heteroatoms. The molecule has 0 unspecified atom stereocenters. The first-order valence-electron chi connectivity index (χ1n) is 5.80. The van der Waals surface area contributed by atoms with Crippen molar-refractivity contribution in [2.24, 2.45) is 0 Å². The average molecular weight is 264 g/mol. The van der Waals surface area contributed by atoms with E-state index in [0.717, 1.165) is 23.0 Å². The smallest absolute Gasteiger partial charge is 0.304 e. The highest BCUT2D eigenvalue weighted by atomic mass is 32.1. The largest absolute Gasteiger partial charge is 0.364 e. The molecule has 0 bridgehead atoms. The summed E-state index contributed by atoms with van der Waals surface area (Å²) in [5, 5.41) is 5.01. The molecule has 0 saturated carbocycles. The van der Waals surface area contributed by atoms with Crippen LogP contribution in [0.25, 0.3) is 0 Å². The molecule has 0 atom stereocenters. The van der Waals surface area contributed by atoms with Crippen molar-refractivity contribution in [3.8, 4) is 0 Å². The number of H-pyrrole nitrogens is 1. The average Bonchev–Trinajstić information content (AvgIpc) is 2.72. The second-order valence-electron chi connectivity index (χ2n) is 4.43. The number of aryl methyl sites for hydroxylation is 1. The first-order valence-corrected chi connectivity index (χ1v) is 6.68. The Morgan fingerprint density at radius 3 is 2.83 bits per heavy atom. The van der Waals surface area contributed by atoms with Crippen molar-refractivity contribution < 1.29 is 0 Å². The van der Waals surface area contributed by atoms with Crippen LogP contribution in [0.5, 0.6) is 0 Å². The van der Waals surface area contributed by atoms with E-state index in [9.17, 15) is 4.79 Å². The molecule has 0 aliphatic carbocycles. The van der Waals surface area contributed by atoms with E-state index >= 15 is 0 Å². The molecule has 18 heavy (non-hydrogen) atoms. The Morgan fingerprint density at radius 2 is 2.22 bits per heavy atom. The molecule has 5 nitrogen and oxygen atoms in total. The number of rotatable bonds is 4. The van der Waals surface area contributed by atoms with Crippen LogP contribution in [-0.2, 0) is 6.54 Å². The predicted octanol–water partition coefficient (Wildman–Crippen LogP) is 2.27. The van der Waals surface area contributed by atoms with Gasteiger partial charge in [-0.25, -0.2) is 9.97 Å². The summed E-state index contributed by atoms with van der Waals surface area (Å²) in [6, 6.07) is 1.90. The summed E-state index contributed by atoms with van der Waals surface area (Å²) in [6.07, 6.45) is 0. The summed E-state index contributed by atoms with van der Waals surface area (Å²) in [5.41, 5.74) is 1.81. The zero-order valence-corrected chi connectivity index (χ0v) is 11.5.